The molecule has 28 heavy (non-hydrogen) atoms. The Bertz CT molecular complexity index is 417. The Balaban J connectivity index is 0.00000392. The van der Waals surface area contributed by atoms with Gasteiger partial charge in [-0.1, -0.05) is 26.2 Å². The molecule has 1 saturated heterocycles. The topological polar surface area (TPSA) is 58.1 Å². The van der Waals surface area contributed by atoms with Gasteiger partial charge in [0.05, 0.1) is 19.8 Å². The third-order valence-electron chi connectivity index (χ3n) is 5.58. The van der Waals surface area contributed by atoms with Crippen molar-refractivity contribution in [3.63, 3.8) is 0 Å². The highest BCUT2D eigenvalue weighted by molar-refractivity contribution is 14.0. The predicted octanol–water partition coefficient (Wildman–Crippen LogP) is 2.96. The average Bonchev–Trinajstić information content (AvgIpc) is 3.20. The highest BCUT2D eigenvalue weighted by Crippen LogP contribution is 2.36. The van der Waals surface area contributed by atoms with E-state index in [1.807, 2.05) is 7.05 Å². The Morgan fingerprint density at radius 1 is 1.04 bits per heavy atom. The molecule has 6 nitrogen and oxygen atoms in total. The van der Waals surface area contributed by atoms with Gasteiger partial charge in [-0.2, -0.15) is 11.8 Å². The van der Waals surface area contributed by atoms with Crippen molar-refractivity contribution in [1.29, 1.82) is 0 Å². The molecule has 1 aliphatic carbocycles. The zero-order valence-corrected chi connectivity index (χ0v) is 21.0. The summed E-state index contributed by atoms with van der Waals surface area (Å²) in [6.45, 7) is 9.24. The van der Waals surface area contributed by atoms with Crippen molar-refractivity contribution in [2.24, 2.45) is 4.99 Å². The van der Waals surface area contributed by atoms with Gasteiger partial charge in [0.2, 0.25) is 0 Å². The summed E-state index contributed by atoms with van der Waals surface area (Å²) in [6.07, 6.45) is 7.62. The molecule has 0 aromatic carbocycles. The summed E-state index contributed by atoms with van der Waals surface area (Å²) in [6, 6.07) is 0. The van der Waals surface area contributed by atoms with Crippen LogP contribution in [0.15, 0.2) is 4.99 Å². The lowest BCUT2D eigenvalue weighted by Crippen LogP contribution is -2.57. The molecule has 0 unspecified atom stereocenters. The minimum atomic E-state index is 0. The quantitative estimate of drug-likeness (QED) is 0.176. The minimum Gasteiger partial charge on any atom is -0.379 e. The van der Waals surface area contributed by atoms with Gasteiger partial charge in [-0.3, -0.25) is 9.89 Å². The van der Waals surface area contributed by atoms with E-state index in [-0.39, 0.29) is 24.0 Å². The Hall–Kier alpha value is 0.230. The van der Waals surface area contributed by atoms with Gasteiger partial charge in [0.1, 0.15) is 0 Å². The van der Waals surface area contributed by atoms with Crippen LogP contribution in [-0.2, 0) is 9.47 Å². The smallest absolute Gasteiger partial charge is 0.191 e. The van der Waals surface area contributed by atoms with Crippen LogP contribution in [0.1, 0.15) is 45.4 Å². The summed E-state index contributed by atoms with van der Waals surface area (Å²) in [7, 11) is 1.84. The predicted molar refractivity (Wildman–Crippen MR) is 131 cm³/mol. The van der Waals surface area contributed by atoms with Crippen LogP contribution >= 0.6 is 35.7 Å². The minimum absolute atomic E-state index is 0. The highest BCUT2D eigenvalue weighted by atomic mass is 127. The molecule has 0 atom stereocenters. The van der Waals surface area contributed by atoms with E-state index in [1.165, 1.54) is 56.7 Å². The molecule has 2 fully saturated rings. The zero-order valence-electron chi connectivity index (χ0n) is 17.8. The number of rotatable bonds is 12. The second-order valence-corrected chi connectivity index (χ2v) is 8.69. The lowest BCUT2D eigenvalue weighted by atomic mass is 9.94. The maximum atomic E-state index is 5.62. The van der Waals surface area contributed by atoms with E-state index >= 15 is 0 Å². The van der Waals surface area contributed by atoms with Crippen LogP contribution in [0.4, 0.5) is 0 Å². The van der Waals surface area contributed by atoms with Crippen LogP contribution in [0.5, 0.6) is 0 Å². The zero-order chi connectivity index (χ0) is 19.2. The highest BCUT2D eigenvalue weighted by Gasteiger charge is 2.39. The Labute approximate surface area is 193 Å². The number of hydrogen-bond acceptors (Lipinski definition) is 5. The number of halogens is 1. The molecule has 1 heterocycles. The van der Waals surface area contributed by atoms with Gasteiger partial charge in [-0.15, -0.1) is 24.0 Å². The summed E-state index contributed by atoms with van der Waals surface area (Å²) in [5.41, 5.74) is 0.324. The van der Waals surface area contributed by atoms with Crippen molar-refractivity contribution in [1.82, 2.24) is 15.5 Å². The van der Waals surface area contributed by atoms with E-state index in [1.54, 1.807) is 0 Å². The Morgan fingerprint density at radius 3 is 2.36 bits per heavy atom. The van der Waals surface area contributed by atoms with Crippen LogP contribution in [0.3, 0.4) is 0 Å². The summed E-state index contributed by atoms with van der Waals surface area (Å²) < 4.78 is 11.1. The second-order valence-electron chi connectivity index (χ2n) is 7.46. The molecule has 0 bridgehead atoms. The fourth-order valence-electron chi connectivity index (χ4n) is 3.95. The van der Waals surface area contributed by atoms with E-state index in [4.69, 9.17) is 9.47 Å². The molecule has 2 rings (SSSR count). The SMILES string of the molecule is CCCCOCCOCCNC(=NC)NCC1(N2CCSCC2)CCCC1.I. The summed E-state index contributed by atoms with van der Waals surface area (Å²) >= 11 is 2.09. The number of aliphatic imine (C=N–C) groups is 1. The van der Waals surface area contributed by atoms with Crippen molar-refractivity contribution in [2.75, 3.05) is 71.2 Å². The van der Waals surface area contributed by atoms with Crippen LogP contribution < -0.4 is 10.6 Å². The van der Waals surface area contributed by atoms with Crippen LogP contribution in [-0.4, -0.2) is 87.6 Å². The molecular weight excluding hydrogens is 487 g/mol. The summed E-state index contributed by atoms with van der Waals surface area (Å²) in [4.78, 5) is 7.12. The Morgan fingerprint density at radius 2 is 1.71 bits per heavy atom. The number of nitrogens with zero attached hydrogens (tertiary/aromatic N) is 2. The summed E-state index contributed by atoms with van der Waals surface area (Å²) in [5.74, 6) is 3.43. The van der Waals surface area contributed by atoms with Crippen molar-refractivity contribution in [3.8, 4) is 0 Å². The van der Waals surface area contributed by atoms with Gasteiger partial charge in [-0.25, -0.2) is 0 Å². The van der Waals surface area contributed by atoms with E-state index in [2.05, 4.69) is 39.2 Å². The molecule has 0 aromatic rings. The maximum absolute atomic E-state index is 5.62. The van der Waals surface area contributed by atoms with Crippen molar-refractivity contribution in [3.05, 3.63) is 0 Å². The number of ether oxygens (including phenoxy) is 2. The van der Waals surface area contributed by atoms with E-state index in [0.29, 0.717) is 25.4 Å². The average molecular weight is 529 g/mol. The third-order valence-corrected chi connectivity index (χ3v) is 6.52. The monoisotopic (exact) mass is 528 g/mol. The fraction of sp³-hybridized carbons (Fsp3) is 0.950. The first kappa shape index (κ1) is 26.3. The lowest BCUT2D eigenvalue weighted by molar-refractivity contribution is 0.0487. The number of unbranched alkanes of at least 4 members (excludes halogenated alkanes) is 1. The first-order chi connectivity index (χ1) is 13.3. The molecule has 2 N–H and O–H groups in total. The van der Waals surface area contributed by atoms with Crippen molar-refractivity contribution in [2.45, 2.75) is 51.0 Å². The Kier molecular flexibility index (Phi) is 15.0. The van der Waals surface area contributed by atoms with Gasteiger partial charge in [0, 0.05) is 56.9 Å². The van der Waals surface area contributed by atoms with Crippen LogP contribution in [0, 0.1) is 0 Å². The van der Waals surface area contributed by atoms with Crippen LogP contribution in [0.2, 0.25) is 0 Å². The number of guanidine groups is 1. The number of hydrogen-bond donors (Lipinski definition) is 2. The molecule has 2 aliphatic rings. The van der Waals surface area contributed by atoms with E-state index < -0.39 is 0 Å². The largest absolute Gasteiger partial charge is 0.379 e. The van der Waals surface area contributed by atoms with Gasteiger partial charge < -0.3 is 20.1 Å². The van der Waals surface area contributed by atoms with Crippen molar-refractivity contribution >= 4 is 41.7 Å². The van der Waals surface area contributed by atoms with Gasteiger partial charge in [-0.05, 0) is 19.3 Å². The van der Waals surface area contributed by atoms with Gasteiger partial charge in [0.25, 0.3) is 0 Å². The van der Waals surface area contributed by atoms with E-state index in [0.717, 1.165) is 32.1 Å². The fourth-order valence-corrected chi connectivity index (χ4v) is 4.86. The molecule has 1 aliphatic heterocycles. The van der Waals surface area contributed by atoms with Crippen molar-refractivity contribution < 1.29 is 9.47 Å². The van der Waals surface area contributed by atoms with Gasteiger partial charge in [0.15, 0.2) is 5.96 Å². The maximum Gasteiger partial charge on any atom is 0.191 e. The lowest BCUT2D eigenvalue weighted by Gasteiger charge is -2.43. The third kappa shape index (κ3) is 9.36. The van der Waals surface area contributed by atoms with E-state index in [9.17, 15) is 0 Å². The molecule has 0 aromatic heterocycles. The first-order valence-corrected chi connectivity index (χ1v) is 11.9. The number of thioether (sulfide) groups is 1. The molecular formula is C20H41IN4O2S. The molecule has 0 spiro atoms. The summed E-state index contributed by atoms with van der Waals surface area (Å²) in [5, 5.41) is 6.96. The molecule has 166 valence electrons. The molecule has 0 amide bonds. The van der Waals surface area contributed by atoms with Gasteiger partial charge >= 0.3 is 0 Å². The molecule has 8 heteroatoms. The second kappa shape index (κ2) is 16.0. The van der Waals surface area contributed by atoms with Crippen LogP contribution in [0.25, 0.3) is 0 Å². The first-order valence-electron chi connectivity index (χ1n) is 10.7. The molecule has 0 radical (unpaired) electrons. The normalized spacial score (nSPS) is 20.0. The molecule has 1 saturated carbocycles. The number of nitrogens with one attached hydrogen (secondary N) is 2. The standard InChI is InChI=1S/C20H40N4O2S.HI/c1-3-4-12-25-14-15-26-13-9-22-19(21-2)23-18-20(7-5-6-8-20)24-10-16-27-17-11-24;/h3-18H2,1-2H3,(H2,21,22,23);1H.